The van der Waals surface area contributed by atoms with Crippen LogP contribution in [0.4, 0.5) is 0 Å². The molecule has 0 spiro atoms. The van der Waals surface area contributed by atoms with Gasteiger partial charge in [0.1, 0.15) is 22.5 Å². The SMILES string of the molecule is CCCCCCCCCCCCCCCCCCCCCCCCc1c(C)ccc(O)c1-n1nc2ccccc2n1. The van der Waals surface area contributed by atoms with Crippen LogP contribution in [-0.2, 0) is 6.42 Å². The Labute approximate surface area is 251 Å². The summed E-state index contributed by atoms with van der Waals surface area (Å²) < 4.78 is 0. The number of unbranched alkanes of at least 4 members (excludes halogenated alkanes) is 21. The molecule has 228 valence electrons. The number of phenolic OH excluding ortho intramolecular Hbond substituents is 1. The van der Waals surface area contributed by atoms with Crippen LogP contribution in [-0.4, -0.2) is 20.1 Å². The van der Waals surface area contributed by atoms with Gasteiger partial charge in [-0.1, -0.05) is 160 Å². The van der Waals surface area contributed by atoms with Crippen molar-refractivity contribution in [3.8, 4) is 11.4 Å². The van der Waals surface area contributed by atoms with E-state index in [-0.39, 0.29) is 5.75 Å². The minimum Gasteiger partial charge on any atom is -0.506 e. The van der Waals surface area contributed by atoms with E-state index in [0.29, 0.717) is 0 Å². The second-order valence-corrected chi connectivity index (χ2v) is 12.4. The molecule has 0 bridgehead atoms. The van der Waals surface area contributed by atoms with Crippen LogP contribution >= 0.6 is 0 Å². The highest BCUT2D eigenvalue weighted by molar-refractivity contribution is 5.74. The summed E-state index contributed by atoms with van der Waals surface area (Å²) in [6.07, 6.45) is 31.8. The summed E-state index contributed by atoms with van der Waals surface area (Å²) in [5.74, 6) is 0.254. The number of benzene rings is 2. The molecule has 0 unspecified atom stereocenters. The van der Waals surface area contributed by atoms with Crippen LogP contribution < -0.4 is 0 Å². The summed E-state index contributed by atoms with van der Waals surface area (Å²) in [6, 6.07) is 11.6. The number of aromatic hydroxyl groups is 1. The van der Waals surface area contributed by atoms with Crippen molar-refractivity contribution in [2.24, 2.45) is 0 Å². The predicted octanol–water partition coefficient (Wildman–Crippen LogP) is 11.6. The van der Waals surface area contributed by atoms with Crippen molar-refractivity contribution in [1.29, 1.82) is 0 Å². The first-order valence-corrected chi connectivity index (χ1v) is 17.3. The summed E-state index contributed by atoms with van der Waals surface area (Å²) >= 11 is 0. The molecule has 0 fully saturated rings. The molecule has 0 atom stereocenters. The molecule has 3 rings (SSSR count). The molecule has 4 heteroatoms. The van der Waals surface area contributed by atoms with Gasteiger partial charge in [0.25, 0.3) is 0 Å². The van der Waals surface area contributed by atoms with Gasteiger partial charge in [0.15, 0.2) is 0 Å². The molecule has 2 aromatic carbocycles. The van der Waals surface area contributed by atoms with Gasteiger partial charge in [-0.15, -0.1) is 15.0 Å². The van der Waals surface area contributed by atoms with E-state index in [9.17, 15) is 5.11 Å². The van der Waals surface area contributed by atoms with Crippen LogP contribution in [0.15, 0.2) is 36.4 Å². The first-order chi connectivity index (χ1) is 20.2. The van der Waals surface area contributed by atoms with Gasteiger partial charge in [0.2, 0.25) is 0 Å². The first kappa shape index (κ1) is 33.1. The molecule has 0 saturated carbocycles. The molecule has 0 aliphatic rings. The Kier molecular flexibility index (Phi) is 16.6. The van der Waals surface area contributed by atoms with Crippen molar-refractivity contribution in [2.45, 2.75) is 162 Å². The third-order valence-corrected chi connectivity index (χ3v) is 8.76. The molecule has 0 amide bonds. The minimum atomic E-state index is 0.254. The van der Waals surface area contributed by atoms with Gasteiger partial charge in [-0.05, 0) is 49.1 Å². The smallest absolute Gasteiger partial charge is 0.143 e. The molecule has 1 N–H and O–H groups in total. The van der Waals surface area contributed by atoms with Crippen LogP contribution in [0.3, 0.4) is 0 Å². The molecule has 0 radical (unpaired) electrons. The summed E-state index contributed by atoms with van der Waals surface area (Å²) in [6.45, 7) is 4.42. The Morgan fingerprint density at radius 3 is 1.34 bits per heavy atom. The third kappa shape index (κ3) is 12.6. The monoisotopic (exact) mass is 561 g/mol. The molecule has 41 heavy (non-hydrogen) atoms. The van der Waals surface area contributed by atoms with Gasteiger partial charge >= 0.3 is 0 Å². The van der Waals surface area contributed by atoms with E-state index < -0.39 is 0 Å². The van der Waals surface area contributed by atoms with E-state index in [4.69, 9.17) is 0 Å². The lowest BCUT2D eigenvalue weighted by Gasteiger charge is -2.13. The molecule has 0 saturated heterocycles. The molecule has 0 aliphatic carbocycles. The van der Waals surface area contributed by atoms with E-state index in [0.717, 1.165) is 29.6 Å². The van der Waals surface area contributed by atoms with Gasteiger partial charge < -0.3 is 5.11 Å². The number of phenols is 1. The maximum Gasteiger partial charge on any atom is 0.143 e. The van der Waals surface area contributed by atoms with E-state index in [1.54, 1.807) is 10.9 Å². The predicted molar refractivity (Wildman–Crippen MR) is 176 cm³/mol. The van der Waals surface area contributed by atoms with Crippen molar-refractivity contribution in [1.82, 2.24) is 15.0 Å². The Morgan fingerprint density at radius 2 is 0.927 bits per heavy atom. The summed E-state index contributed by atoms with van der Waals surface area (Å²) in [4.78, 5) is 1.63. The maximum absolute atomic E-state index is 10.7. The van der Waals surface area contributed by atoms with Crippen molar-refractivity contribution < 1.29 is 5.11 Å². The van der Waals surface area contributed by atoms with Crippen molar-refractivity contribution in [3.63, 3.8) is 0 Å². The maximum atomic E-state index is 10.7. The fourth-order valence-electron chi connectivity index (χ4n) is 6.13. The zero-order valence-corrected chi connectivity index (χ0v) is 26.5. The number of rotatable bonds is 24. The quantitative estimate of drug-likeness (QED) is 0.111. The Bertz CT molecular complexity index is 1060. The lowest BCUT2D eigenvalue weighted by atomic mass is 9.98. The van der Waals surface area contributed by atoms with Gasteiger partial charge in [-0.2, -0.15) is 0 Å². The largest absolute Gasteiger partial charge is 0.506 e. The topological polar surface area (TPSA) is 50.9 Å². The highest BCUT2D eigenvalue weighted by Crippen LogP contribution is 2.30. The van der Waals surface area contributed by atoms with Gasteiger partial charge in [0.05, 0.1) is 0 Å². The van der Waals surface area contributed by atoms with Crippen molar-refractivity contribution in [3.05, 3.63) is 47.5 Å². The zero-order chi connectivity index (χ0) is 29.0. The highest BCUT2D eigenvalue weighted by Gasteiger charge is 2.16. The standard InChI is InChI=1S/C37H59N3O/c1-3-4-5-6-7-8-9-10-11-12-13-14-15-16-17-18-19-20-21-22-23-24-27-33-32(2)30-31-36(41)37(33)40-38-34-28-25-26-29-35(34)39-40/h25-26,28-31,41H,3-24,27H2,1-2H3. The van der Waals surface area contributed by atoms with Crippen LogP contribution in [0.1, 0.15) is 159 Å². The summed E-state index contributed by atoms with van der Waals surface area (Å²) in [7, 11) is 0. The Balaban J connectivity index is 1.16. The molecular weight excluding hydrogens is 502 g/mol. The van der Waals surface area contributed by atoms with Crippen LogP contribution in [0, 0.1) is 6.92 Å². The average Bonchev–Trinajstić information content (AvgIpc) is 3.41. The van der Waals surface area contributed by atoms with Crippen LogP contribution in [0.2, 0.25) is 0 Å². The lowest BCUT2D eigenvalue weighted by molar-refractivity contribution is 0.466. The van der Waals surface area contributed by atoms with Crippen LogP contribution in [0.5, 0.6) is 5.75 Å². The number of aryl methyl sites for hydroxylation is 1. The lowest BCUT2D eigenvalue weighted by Crippen LogP contribution is -2.06. The number of hydrogen-bond donors (Lipinski definition) is 1. The molecule has 3 aromatic rings. The fraction of sp³-hybridized carbons (Fsp3) is 0.676. The van der Waals surface area contributed by atoms with E-state index in [1.165, 1.54) is 146 Å². The van der Waals surface area contributed by atoms with E-state index in [2.05, 4.69) is 24.0 Å². The first-order valence-electron chi connectivity index (χ1n) is 17.3. The van der Waals surface area contributed by atoms with Gasteiger partial charge in [-0.25, -0.2) is 0 Å². The number of hydrogen-bond acceptors (Lipinski definition) is 3. The second-order valence-electron chi connectivity index (χ2n) is 12.4. The second kappa shape index (κ2) is 20.5. The molecule has 1 aromatic heterocycles. The zero-order valence-electron chi connectivity index (χ0n) is 26.5. The fourth-order valence-corrected chi connectivity index (χ4v) is 6.13. The van der Waals surface area contributed by atoms with Gasteiger partial charge in [0, 0.05) is 0 Å². The molecule has 0 aliphatic heterocycles. The molecule has 4 nitrogen and oxygen atoms in total. The third-order valence-electron chi connectivity index (χ3n) is 8.76. The minimum absolute atomic E-state index is 0.254. The summed E-state index contributed by atoms with van der Waals surface area (Å²) in [5.41, 5.74) is 4.80. The highest BCUT2D eigenvalue weighted by atomic mass is 16.3. The van der Waals surface area contributed by atoms with Crippen LogP contribution in [0.25, 0.3) is 16.7 Å². The Morgan fingerprint density at radius 1 is 0.537 bits per heavy atom. The number of fused-ring (bicyclic) bond motifs is 1. The molecular formula is C37H59N3O. The van der Waals surface area contributed by atoms with Crippen molar-refractivity contribution >= 4 is 11.0 Å². The van der Waals surface area contributed by atoms with E-state index in [1.807, 2.05) is 30.3 Å². The number of aromatic nitrogens is 3. The van der Waals surface area contributed by atoms with Gasteiger partial charge in [-0.3, -0.25) is 0 Å². The Hall–Kier alpha value is -2.36. The summed E-state index contributed by atoms with van der Waals surface area (Å²) in [5, 5.41) is 19.9. The van der Waals surface area contributed by atoms with Crippen molar-refractivity contribution in [2.75, 3.05) is 0 Å². The molecule has 1 heterocycles. The average molecular weight is 562 g/mol. The normalized spacial score (nSPS) is 11.6. The number of nitrogens with zero attached hydrogens (tertiary/aromatic N) is 3. The van der Waals surface area contributed by atoms with E-state index >= 15 is 0 Å².